The summed E-state index contributed by atoms with van der Waals surface area (Å²) in [7, 11) is 0. The van der Waals surface area contributed by atoms with E-state index in [0.717, 1.165) is 50.0 Å². The second-order valence-corrected chi connectivity index (χ2v) is 5.85. The molecule has 0 unspecified atom stereocenters. The Morgan fingerprint density at radius 2 is 2.09 bits per heavy atom. The van der Waals surface area contributed by atoms with E-state index < -0.39 is 0 Å². The van der Waals surface area contributed by atoms with Crippen molar-refractivity contribution in [2.45, 2.75) is 45.4 Å². The monoisotopic (exact) mass is 318 g/mol. The number of unbranched alkanes of at least 4 members (excludes halogenated alkanes) is 1. The van der Waals surface area contributed by atoms with Crippen LogP contribution in [-0.4, -0.2) is 31.6 Å². The van der Waals surface area contributed by atoms with E-state index in [-0.39, 0.29) is 11.8 Å². The highest BCUT2D eigenvalue weighted by atomic mass is 16.5. The molecule has 0 atom stereocenters. The maximum atomic E-state index is 12.2. The Morgan fingerprint density at radius 3 is 2.91 bits per heavy atom. The van der Waals surface area contributed by atoms with Gasteiger partial charge in [-0.1, -0.05) is 13.3 Å². The van der Waals surface area contributed by atoms with Gasteiger partial charge in [-0.25, -0.2) is 0 Å². The van der Waals surface area contributed by atoms with E-state index in [0.29, 0.717) is 25.1 Å². The van der Waals surface area contributed by atoms with Crippen molar-refractivity contribution in [3.63, 3.8) is 0 Å². The molecule has 5 heteroatoms. The van der Waals surface area contributed by atoms with Crippen LogP contribution in [0, 0.1) is 0 Å². The van der Waals surface area contributed by atoms with Crippen LogP contribution in [-0.2, 0) is 16.0 Å². The van der Waals surface area contributed by atoms with E-state index in [2.05, 4.69) is 17.6 Å². The van der Waals surface area contributed by atoms with E-state index in [1.165, 1.54) is 0 Å². The van der Waals surface area contributed by atoms with Crippen molar-refractivity contribution < 1.29 is 14.3 Å². The summed E-state index contributed by atoms with van der Waals surface area (Å²) < 4.78 is 5.47. The minimum absolute atomic E-state index is 0.0454. The molecule has 5 nitrogen and oxygen atoms in total. The Balaban J connectivity index is 1.79. The van der Waals surface area contributed by atoms with E-state index in [1.807, 2.05) is 12.1 Å². The number of hydrogen-bond donors (Lipinski definition) is 2. The largest absolute Gasteiger partial charge is 0.381 e. The molecule has 2 N–H and O–H groups in total. The van der Waals surface area contributed by atoms with Crippen LogP contribution in [0.15, 0.2) is 18.2 Å². The van der Waals surface area contributed by atoms with E-state index in [9.17, 15) is 9.59 Å². The molecule has 0 aromatic heterocycles. The molecule has 1 aromatic carbocycles. The number of amides is 2. The third-order valence-electron chi connectivity index (χ3n) is 3.88. The van der Waals surface area contributed by atoms with Gasteiger partial charge in [-0.2, -0.15) is 0 Å². The lowest BCUT2D eigenvalue weighted by Gasteiger charge is -2.10. The Labute approximate surface area is 137 Å². The summed E-state index contributed by atoms with van der Waals surface area (Å²) in [6, 6.07) is 5.47. The number of hydrogen-bond acceptors (Lipinski definition) is 3. The third kappa shape index (κ3) is 5.67. The first-order valence-corrected chi connectivity index (χ1v) is 8.49. The molecule has 1 aliphatic rings. The topological polar surface area (TPSA) is 67.4 Å². The van der Waals surface area contributed by atoms with Crippen molar-refractivity contribution in [2.75, 3.05) is 25.1 Å². The van der Waals surface area contributed by atoms with Crippen LogP contribution in [0.2, 0.25) is 0 Å². The smallest absolute Gasteiger partial charge is 0.251 e. The molecule has 2 rings (SSSR count). The number of carbonyl (C=O) groups is 2. The first-order chi connectivity index (χ1) is 11.2. The second-order valence-electron chi connectivity index (χ2n) is 5.85. The van der Waals surface area contributed by atoms with Gasteiger partial charge < -0.3 is 15.4 Å². The molecule has 1 aromatic rings. The summed E-state index contributed by atoms with van der Waals surface area (Å²) in [4.78, 5) is 23.7. The van der Waals surface area contributed by atoms with Gasteiger partial charge in [0.2, 0.25) is 5.91 Å². The van der Waals surface area contributed by atoms with Gasteiger partial charge in [0.1, 0.15) is 0 Å². The zero-order valence-electron chi connectivity index (χ0n) is 13.8. The van der Waals surface area contributed by atoms with Gasteiger partial charge in [0.15, 0.2) is 0 Å². The maximum Gasteiger partial charge on any atom is 0.251 e. The fourth-order valence-corrected chi connectivity index (χ4v) is 2.54. The Kier molecular flexibility index (Phi) is 7.07. The Bertz CT molecular complexity index is 543. The fraction of sp³-hybridized carbons (Fsp3) is 0.556. The molecule has 0 aliphatic carbocycles. The number of anilines is 1. The van der Waals surface area contributed by atoms with Crippen molar-refractivity contribution in [3.8, 4) is 0 Å². The molecule has 0 spiro atoms. The molecule has 0 saturated heterocycles. The predicted molar refractivity (Wildman–Crippen MR) is 90.7 cm³/mol. The van der Waals surface area contributed by atoms with Crippen LogP contribution in [0.5, 0.6) is 0 Å². The molecule has 0 radical (unpaired) electrons. The number of aryl methyl sites for hydroxylation is 1. The fourth-order valence-electron chi connectivity index (χ4n) is 2.54. The Morgan fingerprint density at radius 1 is 1.26 bits per heavy atom. The number of rotatable bonds is 8. The molecule has 1 aliphatic heterocycles. The highest BCUT2D eigenvalue weighted by molar-refractivity contribution is 5.97. The minimum Gasteiger partial charge on any atom is -0.381 e. The van der Waals surface area contributed by atoms with Crippen LogP contribution in [0.4, 0.5) is 5.69 Å². The molecule has 0 bridgehead atoms. The van der Waals surface area contributed by atoms with Crippen molar-refractivity contribution >= 4 is 17.5 Å². The lowest BCUT2D eigenvalue weighted by Crippen LogP contribution is -2.25. The summed E-state index contributed by atoms with van der Waals surface area (Å²) in [5.41, 5.74) is 2.51. The van der Waals surface area contributed by atoms with Crippen LogP contribution in [0.25, 0.3) is 0 Å². The summed E-state index contributed by atoms with van der Waals surface area (Å²) in [5, 5.41) is 5.79. The highest BCUT2D eigenvalue weighted by Crippen LogP contribution is 2.23. The first kappa shape index (κ1) is 17.5. The van der Waals surface area contributed by atoms with Crippen LogP contribution < -0.4 is 10.6 Å². The average Bonchev–Trinajstić information content (AvgIpc) is 2.73. The van der Waals surface area contributed by atoms with Gasteiger partial charge in [-0.15, -0.1) is 0 Å². The van der Waals surface area contributed by atoms with Crippen molar-refractivity contribution in [2.24, 2.45) is 0 Å². The summed E-state index contributed by atoms with van der Waals surface area (Å²) in [6.07, 6.45) is 5.21. The number of nitrogens with one attached hydrogen (secondary N) is 2. The van der Waals surface area contributed by atoms with Crippen LogP contribution in [0.1, 0.15) is 54.9 Å². The summed E-state index contributed by atoms with van der Waals surface area (Å²) in [6.45, 7) is 4.21. The molecule has 0 saturated carbocycles. The first-order valence-electron chi connectivity index (χ1n) is 8.49. The van der Waals surface area contributed by atoms with E-state index in [4.69, 9.17) is 4.74 Å². The van der Waals surface area contributed by atoms with E-state index >= 15 is 0 Å². The predicted octanol–water partition coefficient (Wildman–Crippen LogP) is 2.90. The second kappa shape index (κ2) is 9.30. The maximum absolute atomic E-state index is 12.2. The lowest BCUT2D eigenvalue weighted by molar-refractivity contribution is -0.116. The van der Waals surface area contributed by atoms with Crippen molar-refractivity contribution in [1.29, 1.82) is 0 Å². The van der Waals surface area contributed by atoms with Crippen molar-refractivity contribution in [3.05, 3.63) is 29.3 Å². The van der Waals surface area contributed by atoms with Gasteiger partial charge in [-0.3, -0.25) is 9.59 Å². The van der Waals surface area contributed by atoms with Gasteiger partial charge in [-0.05, 0) is 49.4 Å². The number of fused-ring (bicyclic) bond motifs is 1. The molecule has 0 fully saturated rings. The van der Waals surface area contributed by atoms with Gasteiger partial charge in [0, 0.05) is 37.4 Å². The van der Waals surface area contributed by atoms with Crippen molar-refractivity contribution in [1.82, 2.24) is 5.32 Å². The molecular weight excluding hydrogens is 292 g/mol. The standard InChI is InChI=1S/C18H26N2O3/c1-2-3-11-23-12-5-10-19-18(22)15-8-9-16-14(13-15)6-4-7-17(21)20-16/h8-9,13H,2-7,10-12H2,1H3,(H,19,22)(H,20,21). The quantitative estimate of drug-likeness (QED) is 0.724. The molecule has 2 amide bonds. The van der Waals surface area contributed by atoms with Crippen LogP contribution in [0.3, 0.4) is 0 Å². The zero-order chi connectivity index (χ0) is 16.5. The zero-order valence-corrected chi connectivity index (χ0v) is 13.8. The normalized spacial score (nSPS) is 13.9. The average molecular weight is 318 g/mol. The third-order valence-corrected chi connectivity index (χ3v) is 3.88. The highest BCUT2D eigenvalue weighted by Gasteiger charge is 2.14. The number of carbonyl (C=O) groups excluding carboxylic acids is 2. The molecule has 126 valence electrons. The minimum atomic E-state index is -0.0723. The molecule has 1 heterocycles. The molecule has 23 heavy (non-hydrogen) atoms. The van der Waals surface area contributed by atoms with E-state index in [1.54, 1.807) is 6.07 Å². The van der Waals surface area contributed by atoms with Gasteiger partial charge >= 0.3 is 0 Å². The van der Waals surface area contributed by atoms with Gasteiger partial charge in [0.25, 0.3) is 5.91 Å². The summed E-state index contributed by atoms with van der Waals surface area (Å²) >= 11 is 0. The van der Waals surface area contributed by atoms with Crippen LogP contribution >= 0.6 is 0 Å². The van der Waals surface area contributed by atoms with Gasteiger partial charge in [0.05, 0.1) is 0 Å². The lowest BCUT2D eigenvalue weighted by atomic mass is 10.0. The number of benzene rings is 1. The SMILES string of the molecule is CCCCOCCCNC(=O)c1ccc2c(c1)CCCC(=O)N2. The summed E-state index contributed by atoms with van der Waals surface area (Å²) in [5.74, 6) is -0.0269. The number of ether oxygens (including phenoxy) is 1. The Hall–Kier alpha value is -1.88. The molecular formula is C18H26N2O3.